The number of nitrogens with one attached hydrogen (secondary N) is 1. The highest BCUT2D eigenvalue weighted by Gasteiger charge is 2.15. The Morgan fingerprint density at radius 2 is 1.94 bits per heavy atom. The van der Waals surface area contributed by atoms with Gasteiger partial charge in [0, 0.05) is 12.4 Å². The largest absolute Gasteiger partial charge is 0.494 e. The lowest BCUT2D eigenvalue weighted by molar-refractivity contribution is 0.411. The van der Waals surface area contributed by atoms with Gasteiger partial charge in [-0.3, -0.25) is 4.98 Å². The molecule has 7 nitrogen and oxygen atoms in total. The third kappa shape index (κ3) is 2.72. The summed E-state index contributed by atoms with van der Waals surface area (Å²) in [4.78, 5) is 11.4. The van der Waals surface area contributed by atoms with E-state index < -0.39 is 10.0 Å². The molecule has 1 N–H and O–H groups in total. The third-order valence-electron chi connectivity index (χ3n) is 2.03. The maximum atomic E-state index is 11.9. The first-order valence-electron chi connectivity index (χ1n) is 4.91. The van der Waals surface area contributed by atoms with E-state index in [0.29, 0.717) is 5.75 Å². The minimum Gasteiger partial charge on any atom is -0.494 e. The van der Waals surface area contributed by atoms with Crippen molar-refractivity contribution in [3.63, 3.8) is 0 Å². The predicted octanol–water partition coefficient (Wildman–Crippen LogP) is 0.681. The molecule has 2 rings (SSSR count). The molecule has 0 atom stereocenters. The number of hydrogen-bond acceptors (Lipinski definition) is 6. The van der Waals surface area contributed by atoms with Crippen LogP contribution >= 0.6 is 0 Å². The fourth-order valence-electron chi connectivity index (χ4n) is 1.16. The average molecular weight is 266 g/mol. The molecular formula is C10H10N4O3S. The number of sulfonamides is 1. The topological polar surface area (TPSA) is 94.1 Å². The quantitative estimate of drug-likeness (QED) is 0.874. The number of nitrogens with zero attached hydrogens (tertiary/aromatic N) is 3. The van der Waals surface area contributed by atoms with E-state index in [9.17, 15) is 8.42 Å². The van der Waals surface area contributed by atoms with Crippen LogP contribution in [0.5, 0.6) is 5.75 Å². The molecule has 0 aliphatic heterocycles. The molecule has 0 aromatic carbocycles. The Morgan fingerprint density at radius 3 is 2.50 bits per heavy atom. The number of hydrogen-bond donors (Lipinski definition) is 1. The van der Waals surface area contributed by atoms with Crippen LogP contribution in [0.2, 0.25) is 0 Å². The van der Waals surface area contributed by atoms with Gasteiger partial charge in [0.2, 0.25) is 5.95 Å². The Balaban J connectivity index is 2.22. The van der Waals surface area contributed by atoms with Gasteiger partial charge in [-0.1, -0.05) is 0 Å². The van der Waals surface area contributed by atoms with E-state index in [1.165, 1.54) is 44.0 Å². The van der Waals surface area contributed by atoms with Gasteiger partial charge in [-0.25, -0.2) is 23.1 Å². The Labute approximate surface area is 104 Å². The molecule has 2 aromatic rings. The molecule has 0 unspecified atom stereocenters. The lowest BCUT2D eigenvalue weighted by Crippen LogP contribution is -2.15. The standard InChI is InChI=1S/C10H10N4O3S/c1-17-8-5-12-10(13-6-8)14-18(15,16)9-3-2-4-11-7-9/h2-7H,1H3,(H,12,13,14). The van der Waals surface area contributed by atoms with Crippen LogP contribution in [-0.4, -0.2) is 30.5 Å². The summed E-state index contributed by atoms with van der Waals surface area (Å²) in [7, 11) is -2.24. The monoisotopic (exact) mass is 266 g/mol. The van der Waals surface area contributed by atoms with Crippen LogP contribution in [0.15, 0.2) is 41.8 Å². The van der Waals surface area contributed by atoms with Crippen molar-refractivity contribution in [2.45, 2.75) is 4.90 Å². The van der Waals surface area contributed by atoms with Gasteiger partial charge < -0.3 is 4.74 Å². The van der Waals surface area contributed by atoms with Crippen LogP contribution in [0.4, 0.5) is 5.95 Å². The molecule has 0 saturated heterocycles. The molecule has 0 aliphatic rings. The predicted molar refractivity (Wildman–Crippen MR) is 63.6 cm³/mol. The molecule has 94 valence electrons. The Kier molecular flexibility index (Phi) is 3.38. The number of rotatable bonds is 4. The maximum absolute atomic E-state index is 11.9. The number of ether oxygens (including phenoxy) is 1. The summed E-state index contributed by atoms with van der Waals surface area (Å²) < 4.78 is 30.9. The third-order valence-corrected chi connectivity index (χ3v) is 3.35. The molecule has 0 spiro atoms. The fourth-order valence-corrected chi connectivity index (χ4v) is 2.08. The van der Waals surface area contributed by atoms with E-state index in [-0.39, 0.29) is 10.8 Å². The summed E-state index contributed by atoms with van der Waals surface area (Å²) >= 11 is 0. The van der Waals surface area contributed by atoms with E-state index >= 15 is 0 Å². The number of methoxy groups -OCH3 is 1. The van der Waals surface area contributed by atoms with Crippen molar-refractivity contribution < 1.29 is 13.2 Å². The minimum atomic E-state index is -3.71. The average Bonchev–Trinajstić information content (AvgIpc) is 2.40. The fraction of sp³-hybridized carbons (Fsp3) is 0.100. The number of pyridine rings is 1. The zero-order valence-corrected chi connectivity index (χ0v) is 10.3. The van der Waals surface area contributed by atoms with Crippen molar-refractivity contribution in [3.8, 4) is 5.75 Å². The lowest BCUT2D eigenvalue weighted by atomic mass is 10.5. The summed E-state index contributed by atoms with van der Waals surface area (Å²) in [6.07, 6.45) is 5.47. The Hall–Kier alpha value is -2.22. The van der Waals surface area contributed by atoms with E-state index in [4.69, 9.17) is 4.74 Å². The first-order chi connectivity index (χ1) is 8.62. The van der Waals surface area contributed by atoms with Gasteiger partial charge in [0.05, 0.1) is 19.5 Å². The molecule has 0 saturated carbocycles. The van der Waals surface area contributed by atoms with Crippen molar-refractivity contribution >= 4 is 16.0 Å². The molecular weight excluding hydrogens is 256 g/mol. The molecule has 8 heteroatoms. The van der Waals surface area contributed by atoms with Crippen molar-refractivity contribution in [1.29, 1.82) is 0 Å². The van der Waals surface area contributed by atoms with Crippen LogP contribution in [-0.2, 0) is 10.0 Å². The highest BCUT2D eigenvalue weighted by atomic mass is 32.2. The maximum Gasteiger partial charge on any atom is 0.265 e. The molecule has 18 heavy (non-hydrogen) atoms. The smallest absolute Gasteiger partial charge is 0.265 e. The summed E-state index contributed by atoms with van der Waals surface area (Å²) in [5.74, 6) is 0.416. The molecule has 0 aliphatic carbocycles. The van der Waals surface area contributed by atoms with Gasteiger partial charge in [-0.15, -0.1) is 0 Å². The van der Waals surface area contributed by atoms with E-state index in [0.717, 1.165) is 0 Å². The highest BCUT2D eigenvalue weighted by molar-refractivity contribution is 7.92. The molecule has 0 bridgehead atoms. The summed E-state index contributed by atoms with van der Waals surface area (Å²) in [5, 5.41) is 0. The number of aromatic nitrogens is 3. The summed E-state index contributed by atoms with van der Waals surface area (Å²) in [6.45, 7) is 0. The second-order valence-corrected chi connectivity index (χ2v) is 4.92. The molecule has 0 fully saturated rings. The highest BCUT2D eigenvalue weighted by Crippen LogP contribution is 2.12. The van der Waals surface area contributed by atoms with E-state index in [2.05, 4.69) is 19.7 Å². The first kappa shape index (κ1) is 12.2. The van der Waals surface area contributed by atoms with Crippen molar-refractivity contribution in [1.82, 2.24) is 15.0 Å². The van der Waals surface area contributed by atoms with Gasteiger partial charge in [0.15, 0.2) is 5.75 Å². The van der Waals surface area contributed by atoms with Crippen LogP contribution < -0.4 is 9.46 Å². The van der Waals surface area contributed by atoms with Gasteiger partial charge in [0.25, 0.3) is 10.0 Å². The molecule has 2 heterocycles. The normalized spacial score (nSPS) is 10.9. The summed E-state index contributed by atoms with van der Waals surface area (Å²) in [5.41, 5.74) is 0. The van der Waals surface area contributed by atoms with E-state index in [1.807, 2.05) is 0 Å². The number of anilines is 1. The molecule has 0 amide bonds. The summed E-state index contributed by atoms with van der Waals surface area (Å²) in [6, 6.07) is 2.96. The first-order valence-corrected chi connectivity index (χ1v) is 6.39. The Bertz CT molecular complexity index is 613. The van der Waals surface area contributed by atoms with Gasteiger partial charge in [-0.05, 0) is 12.1 Å². The SMILES string of the molecule is COc1cnc(NS(=O)(=O)c2cccnc2)nc1. The zero-order chi connectivity index (χ0) is 13.0. The van der Waals surface area contributed by atoms with Crippen LogP contribution in [0.25, 0.3) is 0 Å². The molecule has 0 radical (unpaired) electrons. The van der Waals surface area contributed by atoms with Crippen molar-refractivity contribution in [2.24, 2.45) is 0 Å². The van der Waals surface area contributed by atoms with Crippen molar-refractivity contribution in [3.05, 3.63) is 36.9 Å². The van der Waals surface area contributed by atoms with Crippen LogP contribution in [0.1, 0.15) is 0 Å². The van der Waals surface area contributed by atoms with Gasteiger partial charge in [0.1, 0.15) is 4.90 Å². The van der Waals surface area contributed by atoms with E-state index in [1.54, 1.807) is 0 Å². The van der Waals surface area contributed by atoms with Crippen LogP contribution in [0, 0.1) is 0 Å². The van der Waals surface area contributed by atoms with Gasteiger partial charge >= 0.3 is 0 Å². The Morgan fingerprint density at radius 1 is 1.22 bits per heavy atom. The zero-order valence-electron chi connectivity index (χ0n) is 9.44. The second-order valence-electron chi connectivity index (χ2n) is 3.24. The lowest BCUT2D eigenvalue weighted by Gasteiger charge is -2.06. The second kappa shape index (κ2) is 4.96. The molecule has 2 aromatic heterocycles. The van der Waals surface area contributed by atoms with Crippen LogP contribution in [0.3, 0.4) is 0 Å². The van der Waals surface area contributed by atoms with Crippen molar-refractivity contribution in [2.75, 3.05) is 11.8 Å². The van der Waals surface area contributed by atoms with Gasteiger partial charge in [-0.2, -0.15) is 0 Å². The minimum absolute atomic E-state index is 0.0281.